The van der Waals surface area contributed by atoms with Crippen LogP contribution in [0.4, 0.5) is 0 Å². The van der Waals surface area contributed by atoms with Crippen molar-refractivity contribution in [3.63, 3.8) is 0 Å². The molecule has 1 aromatic rings. The van der Waals surface area contributed by atoms with Gasteiger partial charge in [0.15, 0.2) is 11.5 Å². The molecule has 4 heteroatoms. The van der Waals surface area contributed by atoms with Crippen LogP contribution in [0.2, 0.25) is 0 Å². The zero-order chi connectivity index (χ0) is 14.2. The maximum atomic E-state index is 5.73. The smallest absolute Gasteiger partial charge is 0.231 e. The molecule has 3 rings (SSSR count). The van der Waals surface area contributed by atoms with Crippen LogP contribution in [0.25, 0.3) is 0 Å². The second-order valence-electron chi connectivity index (χ2n) is 6.64. The van der Waals surface area contributed by atoms with Crippen LogP contribution in [0.1, 0.15) is 32.4 Å². The van der Waals surface area contributed by atoms with Gasteiger partial charge in [0.25, 0.3) is 0 Å². The monoisotopic (exact) mass is 276 g/mol. The van der Waals surface area contributed by atoms with Crippen LogP contribution in [0.3, 0.4) is 0 Å². The Morgan fingerprint density at radius 1 is 1.15 bits per heavy atom. The van der Waals surface area contributed by atoms with E-state index in [2.05, 4.69) is 43.1 Å². The molecule has 0 radical (unpaired) electrons. The Morgan fingerprint density at radius 3 is 2.60 bits per heavy atom. The van der Waals surface area contributed by atoms with Gasteiger partial charge in [-0.2, -0.15) is 0 Å². The van der Waals surface area contributed by atoms with Crippen molar-refractivity contribution in [2.75, 3.05) is 33.0 Å². The first-order valence-corrected chi connectivity index (χ1v) is 7.40. The van der Waals surface area contributed by atoms with E-state index in [9.17, 15) is 0 Å². The summed E-state index contributed by atoms with van der Waals surface area (Å²) in [6.45, 7) is 11.5. The van der Waals surface area contributed by atoms with Crippen LogP contribution in [0.5, 0.6) is 11.5 Å². The summed E-state index contributed by atoms with van der Waals surface area (Å²) in [4.78, 5) is 2.56. The number of para-hydroxylation sites is 1. The van der Waals surface area contributed by atoms with Gasteiger partial charge in [-0.1, -0.05) is 32.9 Å². The number of hydrogen-bond acceptors (Lipinski definition) is 4. The van der Waals surface area contributed by atoms with Crippen LogP contribution >= 0.6 is 0 Å². The third-order valence-electron chi connectivity index (χ3n) is 4.06. The number of piperazine rings is 1. The van der Waals surface area contributed by atoms with Gasteiger partial charge in [-0.25, -0.2) is 0 Å². The summed E-state index contributed by atoms with van der Waals surface area (Å²) in [5.74, 6) is 1.82. The van der Waals surface area contributed by atoms with Crippen molar-refractivity contribution in [3.05, 3.63) is 23.8 Å². The van der Waals surface area contributed by atoms with E-state index in [1.165, 1.54) is 5.56 Å². The predicted octanol–water partition coefficient (Wildman–Crippen LogP) is 2.41. The number of hydrogen-bond donors (Lipinski definition) is 1. The van der Waals surface area contributed by atoms with E-state index in [1.54, 1.807) is 0 Å². The van der Waals surface area contributed by atoms with Gasteiger partial charge in [0, 0.05) is 37.8 Å². The second kappa shape index (κ2) is 5.26. The standard InChI is InChI=1S/C16H24N2O2/c1-16(2,3)15(18-9-7-17-8-10-18)12-5-4-6-13-14(12)20-11-19-13/h4-6,15,17H,7-11H2,1-3H3/t15-/m1/s1. The zero-order valence-corrected chi connectivity index (χ0v) is 12.6. The van der Waals surface area contributed by atoms with Crippen LogP contribution in [0.15, 0.2) is 18.2 Å². The van der Waals surface area contributed by atoms with Gasteiger partial charge in [-0.3, -0.25) is 4.90 Å². The normalized spacial score (nSPS) is 20.9. The van der Waals surface area contributed by atoms with Crippen LogP contribution in [-0.2, 0) is 0 Å². The summed E-state index contributed by atoms with van der Waals surface area (Å²) >= 11 is 0. The van der Waals surface area contributed by atoms with E-state index < -0.39 is 0 Å². The van der Waals surface area contributed by atoms with E-state index >= 15 is 0 Å². The quantitative estimate of drug-likeness (QED) is 0.899. The first-order chi connectivity index (χ1) is 9.57. The third kappa shape index (κ3) is 2.50. The van der Waals surface area contributed by atoms with Gasteiger partial charge >= 0.3 is 0 Å². The lowest BCUT2D eigenvalue weighted by molar-refractivity contribution is 0.0831. The molecule has 2 aliphatic heterocycles. The molecule has 0 saturated carbocycles. The van der Waals surface area contributed by atoms with E-state index in [1.807, 2.05) is 6.07 Å². The van der Waals surface area contributed by atoms with E-state index in [-0.39, 0.29) is 5.41 Å². The summed E-state index contributed by atoms with van der Waals surface area (Å²) < 4.78 is 11.3. The van der Waals surface area contributed by atoms with Crippen molar-refractivity contribution < 1.29 is 9.47 Å². The Morgan fingerprint density at radius 2 is 1.90 bits per heavy atom. The molecular weight excluding hydrogens is 252 g/mol. The summed E-state index contributed by atoms with van der Waals surface area (Å²) in [5.41, 5.74) is 1.41. The van der Waals surface area contributed by atoms with Crippen molar-refractivity contribution in [2.24, 2.45) is 5.41 Å². The molecule has 0 spiro atoms. The van der Waals surface area contributed by atoms with Gasteiger partial charge < -0.3 is 14.8 Å². The summed E-state index contributed by atoms with van der Waals surface area (Å²) in [7, 11) is 0. The highest BCUT2D eigenvalue weighted by Crippen LogP contribution is 2.46. The fourth-order valence-corrected chi connectivity index (χ4v) is 3.32. The molecule has 0 aromatic heterocycles. The molecule has 1 saturated heterocycles. The molecule has 0 bridgehead atoms. The van der Waals surface area contributed by atoms with Crippen molar-refractivity contribution >= 4 is 0 Å². The molecular formula is C16H24N2O2. The molecule has 1 aromatic carbocycles. The Kier molecular flexibility index (Phi) is 3.61. The molecule has 0 aliphatic carbocycles. The summed E-state index contributed by atoms with van der Waals surface area (Å²) in [6.07, 6.45) is 0. The molecule has 0 amide bonds. The first kappa shape index (κ1) is 13.7. The molecule has 4 nitrogen and oxygen atoms in total. The molecule has 110 valence electrons. The zero-order valence-electron chi connectivity index (χ0n) is 12.6. The summed E-state index contributed by atoms with van der Waals surface area (Å²) in [6, 6.07) is 6.60. The first-order valence-electron chi connectivity index (χ1n) is 7.40. The number of rotatable bonds is 2. The van der Waals surface area contributed by atoms with Crippen molar-refractivity contribution in [1.82, 2.24) is 10.2 Å². The van der Waals surface area contributed by atoms with Gasteiger partial charge in [-0.05, 0) is 11.5 Å². The van der Waals surface area contributed by atoms with E-state index in [0.29, 0.717) is 12.8 Å². The average molecular weight is 276 g/mol. The maximum Gasteiger partial charge on any atom is 0.231 e. The fourth-order valence-electron chi connectivity index (χ4n) is 3.32. The largest absolute Gasteiger partial charge is 0.454 e. The Bertz CT molecular complexity index is 476. The Hall–Kier alpha value is -1.26. The van der Waals surface area contributed by atoms with Gasteiger partial charge in [0.05, 0.1) is 0 Å². The third-order valence-corrected chi connectivity index (χ3v) is 4.06. The van der Waals surface area contributed by atoms with Crippen molar-refractivity contribution in [3.8, 4) is 11.5 Å². The molecule has 1 fully saturated rings. The van der Waals surface area contributed by atoms with Gasteiger partial charge in [-0.15, -0.1) is 0 Å². The average Bonchev–Trinajstić information content (AvgIpc) is 2.88. The predicted molar refractivity (Wildman–Crippen MR) is 79.2 cm³/mol. The number of benzene rings is 1. The van der Waals surface area contributed by atoms with Crippen molar-refractivity contribution in [1.29, 1.82) is 0 Å². The van der Waals surface area contributed by atoms with Gasteiger partial charge in [0.2, 0.25) is 6.79 Å². The van der Waals surface area contributed by atoms with Crippen LogP contribution in [0, 0.1) is 5.41 Å². The van der Waals surface area contributed by atoms with Gasteiger partial charge in [0.1, 0.15) is 0 Å². The van der Waals surface area contributed by atoms with E-state index in [0.717, 1.165) is 37.7 Å². The molecule has 0 unspecified atom stereocenters. The SMILES string of the molecule is CC(C)(C)[C@@H](c1cccc2c1OCO2)N1CCNCC1. The van der Waals surface area contributed by atoms with E-state index in [4.69, 9.17) is 9.47 Å². The molecule has 1 atom stereocenters. The van der Waals surface area contributed by atoms with Crippen molar-refractivity contribution in [2.45, 2.75) is 26.8 Å². The van der Waals surface area contributed by atoms with Crippen LogP contribution < -0.4 is 14.8 Å². The summed E-state index contributed by atoms with van der Waals surface area (Å²) in [5, 5.41) is 3.43. The lowest BCUT2D eigenvalue weighted by atomic mass is 9.80. The molecule has 20 heavy (non-hydrogen) atoms. The number of nitrogens with zero attached hydrogens (tertiary/aromatic N) is 1. The minimum atomic E-state index is 0.151. The minimum absolute atomic E-state index is 0.151. The number of ether oxygens (including phenoxy) is 2. The van der Waals surface area contributed by atoms with Crippen LogP contribution in [-0.4, -0.2) is 37.9 Å². The Labute approximate surface area is 121 Å². The maximum absolute atomic E-state index is 5.73. The highest BCUT2D eigenvalue weighted by molar-refractivity contribution is 5.50. The fraction of sp³-hybridized carbons (Fsp3) is 0.625. The number of fused-ring (bicyclic) bond motifs is 1. The number of nitrogens with one attached hydrogen (secondary N) is 1. The highest BCUT2D eigenvalue weighted by atomic mass is 16.7. The topological polar surface area (TPSA) is 33.7 Å². The molecule has 2 heterocycles. The highest BCUT2D eigenvalue weighted by Gasteiger charge is 2.36. The molecule has 1 N–H and O–H groups in total. The lowest BCUT2D eigenvalue weighted by Gasteiger charge is -2.42. The minimum Gasteiger partial charge on any atom is -0.454 e. The molecule has 2 aliphatic rings. The second-order valence-corrected chi connectivity index (χ2v) is 6.64. The lowest BCUT2D eigenvalue weighted by Crippen LogP contribution is -2.48. The Balaban J connectivity index is 1.99.